The van der Waals surface area contributed by atoms with Crippen molar-refractivity contribution in [3.63, 3.8) is 0 Å². The van der Waals surface area contributed by atoms with Crippen molar-refractivity contribution in [2.24, 2.45) is 0 Å². The van der Waals surface area contributed by atoms with Crippen LogP contribution in [0.2, 0.25) is 0 Å². The first kappa shape index (κ1) is 19.6. The topological polar surface area (TPSA) is 73.2 Å². The van der Waals surface area contributed by atoms with E-state index in [-0.39, 0.29) is 11.4 Å². The number of anilines is 1. The van der Waals surface area contributed by atoms with Crippen LogP contribution in [0.3, 0.4) is 0 Å². The van der Waals surface area contributed by atoms with Crippen molar-refractivity contribution in [2.45, 2.75) is 57.6 Å². The average Bonchev–Trinajstić information content (AvgIpc) is 3.13. The van der Waals surface area contributed by atoms with Crippen LogP contribution < -0.4 is 10.1 Å². The Labute approximate surface area is 162 Å². The van der Waals surface area contributed by atoms with E-state index in [1.807, 2.05) is 37.6 Å². The number of fused-ring (bicyclic) bond motifs is 1. The minimum absolute atomic E-state index is 0.207. The Kier molecular flexibility index (Phi) is 5.69. The molecule has 0 saturated heterocycles. The Bertz CT molecular complexity index is 851. The third kappa shape index (κ3) is 4.40. The molecule has 3 rings (SSSR count). The summed E-state index contributed by atoms with van der Waals surface area (Å²) in [4.78, 5) is 12.8. The molecular formula is C20H27N3O3S. The smallest absolute Gasteiger partial charge is 0.256 e. The highest BCUT2D eigenvalue weighted by Crippen LogP contribution is 2.33. The Morgan fingerprint density at radius 3 is 2.59 bits per heavy atom. The van der Waals surface area contributed by atoms with E-state index in [2.05, 4.69) is 17.3 Å². The molecule has 146 valence electrons. The van der Waals surface area contributed by atoms with Crippen molar-refractivity contribution < 1.29 is 13.7 Å². The van der Waals surface area contributed by atoms with E-state index in [1.54, 1.807) is 12.1 Å². The van der Waals surface area contributed by atoms with Gasteiger partial charge in [0.15, 0.2) is 0 Å². The fraction of sp³-hybridized carbons (Fsp3) is 0.500. The van der Waals surface area contributed by atoms with Gasteiger partial charge in [-0.1, -0.05) is 13.3 Å². The summed E-state index contributed by atoms with van der Waals surface area (Å²) in [5.41, 5.74) is 1.97. The number of aromatic nitrogens is 2. The number of benzene rings is 1. The zero-order chi connectivity index (χ0) is 19.6. The van der Waals surface area contributed by atoms with Gasteiger partial charge in [0.25, 0.3) is 5.91 Å². The van der Waals surface area contributed by atoms with Crippen molar-refractivity contribution in [2.75, 3.05) is 11.9 Å². The lowest BCUT2D eigenvalue weighted by atomic mass is 10.1. The second kappa shape index (κ2) is 7.84. The maximum absolute atomic E-state index is 12.8. The number of hydrogen-bond acceptors (Lipinski definition) is 4. The molecule has 0 aliphatic carbocycles. The van der Waals surface area contributed by atoms with Gasteiger partial charge in [-0.15, -0.1) is 0 Å². The van der Waals surface area contributed by atoms with Gasteiger partial charge in [-0.25, -0.2) is 4.68 Å². The SMILES string of the molecule is CCCCOc1ccc(C(=O)Nc2c3c(nn2C(C)(C)C)C[S@](=O)C3)cc1. The van der Waals surface area contributed by atoms with Crippen LogP contribution in [0.25, 0.3) is 0 Å². The molecule has 0 radical (unpaired) electrons. The maximum Gasteiger partial charge on any atom is 0.256 e. The number of carbonyl (C=O) groups is 1. The Balaban J connectivity index is 1.79. The molecule has 2 aromatic rings. The summed E-state index contributed by atoms with van der Waals surface area (Å²) in [6, 6.07) is 7.13. The molecule has 6 nitrogen and oxygen atoms in total. The van der Waals surface area contributed by atoms with Crippen LogP contribution in [0, 0.1) is 0 Å². The third-order valence-electron chi connectivity index (χ3n) is 4.42. The summed E-state index contributed by atoms with van der Waals surface area (Å²) in [6.45, 7) is 8.89. The molecule has 1 aliphatic heterocycles. The van der Waals surface area contributed by atoms with Gasteiger partial charge in [0.2, 0.25) is 0 Å². The molecule has 1 N–H and O–H groups in total. The number of nitrogens with zero attached hydrogens (tertiary/aromatic N) is 2. The molecule has 1 aliphatic rings. The summed E-state index contributed by atoms with van der Waals surface area (Å²) in [5, 5.41) is 7.60. The fourth-order valence-electron chi connectivity index (χ4n) is 2.96. The highest BCUT2D eigenvalue weighted by molar-refractivity contribution is 7.83. The summed E-state index contributed by atoms with van der Waals surface area (Å²) >= 11 is 0. The standard InChI is InChI=1S/C20H27N3O3S/c1-5-6-11-26-15-9-7-14(8-10-15)19(24)21-18-16-12-27(25)13-17(16)22-23(18)20(2,3)4/h7-10H,5-6,11-13H2,1-4H3,(H,21,24)/t27-/m1/s1. The first-order valence-corrected chi connectivity index (χ1v) is 10.8. The average molecular weight is 390 g/mol. The number of nitrogens with one attached hydrogen (secondary N) is 1. The minimum atomic E-state index is -0.944. The highest BCUT2D eigenvalue weighted by Gasteiger charge is 2.31. The van der Waals surface area contributed by atoms with Crippen LogP contribution in [0.4, 0.5) is 5.82 Å². The van der Waals surface area contributed by atoms with Crippen LogP contribution in [0.5, 0.6) is 5.75 Å². The second-order valence-corrected chi connectivity index (χ2v) is 9.22. The molecule has 0 bridgehead atoms. The van der Waals surface area contributed by atoms with Gasteiger partial charge in [0, 0.05) is 21.9 Å². The summed E-state index contributed by atoms with van der Waals surface area (Å²) < 4.78 is 19.4. The van der Waals surface area contributed by atoms with Crippen LogP contribution >= 0.6 is 0 Å². The lowest BCUT2D eigenvalue weighted by Gasteiger charge is -2.23. The van der Waals surface area contributed by atoms with Crippen LogP contribution in [0.15, 0.2) is 24.3 Å². The molecule has 1 aromatic carbocycles. The molecule has 1 atom stereocenters. The van der Waals surface area contributed by atoms with Crippen molar-refractivity contribution in [1.82, 2.24) is 9.78 Å². The molecular weight excluding hydrogens is 362 g/mol. The molecule has 27 heavy (non-hydrogen) atoms. The van der Waals surface area contributed by atoms with Gasteiger partial charge in [-0.3, -0.25) is 9.00 Å². The van der Waals surface area contributed by atoms with Crippen LogP contribution in [-0.2, 0) is 27.8 Å². The Morgan fingerprint density at radius 2 is 1.96 bits per heavy atom. The zero-order valence-electron chi connectivity index (χ0n) is 16.4. The molecule has 0 unspecified atom stereocenters. The van der Waals surface area contributed by atoms with Crippen molar-refractivity contribution in [3.8, 4) is 5.75 Å². The Morgan fingerprint density at radius 1 is 1.26 bits per heavy atom. The molecule has 0 fully saturated rings. The monoisotopic (exact) mass is 389 g/mol. The first-order chi connectivity index (χ1) is 12.8. The number of amides is 1. The largest absolute Gasteiger partial charge is 0.494 e. The molecule has 1 amide bonds. The number of carbonyl (C=O) groups excluding carboxylic acids is 1. The van der Waals surface area contributed by atoms with E-state index in [4.69, 9.17) is 4.74 Å². The summed E-state index contributed by atoms with van der Waals surface area (Å²) in [6.07, 6.45) is 2.09. The maximum atomic E-state index is 12.8. The van der Waals surface area contributed by atoms with Gasteiger partial charge in [-0.2, -0.15) is 5.10 Å². The van der Waals surface area contributed by atoms with Crippen molar-refractivity contribution in [1.29, 1.82) is 0 Å². The fourth-order valence-corrected chi connectivity index (χ4v) is 4.22. The highest BCUT2D eigenvalue weighted by atomic mass is 32.2. The van der Waals surface area contributed by atoms with Gasteiger partial charge in [-0.05, 0) is 51.5 Å². The lowest BCUT2D eigenvalue weighted by molar-refractivity contribution is 0.102. The summed E-state index contributed by atoms with van der Waals surface area (Å²) in [5.74, 6) is 2.09. The number of unbranched alkanes of at least 4 members (excludes halogenated alkanes) is 1. The Hall–Kier alpha value is -2.15. The molecule has 1 aromatic heterocycles. The van der Waals surface area contributed by atoms with E-state index in [0.717, 1.165) is 29.8 Å². The third-order valence-corrected chi connectivity index (χ3v) is 5.63. The van der Waals surface area contributed by atoms with E-state index in [9.17, 15) is 9.00 Å². The van der Waals surface area contributed by atoms with Crippen LogP contribution in [-0.4, -0.2) is 26.5 Å². The quantitative estimate of drug-likeness (QED) is 0.762. The predicted molar refractivity (Wildman–Crippen MR) is 108 cm³/mol. The van der Waals surface area contributed by atoms with Crippen molar-refractivity contribution in [3.05, 3.63) is 41.1 Å². The van der Waals surface area contributed by atoms with Gasteiger partial charge in [0.1, 0.15) is 11.6 Å². The van der Waals surface area contributed by atoms with E-state index in [1.165, 1.54) is 0 Å². The first-order valence-electron chi connectivity index (χ1n) is 9.30. The van der Waals surface area contributed by atoms with Crippen LogP contribution in [0.1, 0.15) is 62.2 Å². The lowest BCUT2D eigenvalue weighted by Crippen LogP contribution is -2.27. The summed E-state index contributed by atoms with van der Waals surface area (Å²) in [7, 11) is -0.944. The number of ether oxygens (including phenoxy) is 1. The molecule has 7 heteroatoms. The van der Waals surface area contributed by atoms with Crippen molar-refractivity contribution >= 4 is 22.5 Å². The van der Waals surface area contributed by atoms with Gasteiger partial charge >= 0.3 is 0 Å². The van der Waals surface area contributed by atoms with E-state index < -0.39 is 10.8 Å². The normalized spacial score (nSPS) is 16.2. The second-order valence-electron chi connectivity index (χ2n) is 7.77. The number of hydrogen-bond donors (Lipinski definition) is 1. The predicted octanol–water partition coefficient (Wildman–Crippen LogP) is 3.83. The number of rotatable bonds is 6. The molecule has 0 spiro atoms. The van der Waals surface area contributed by atoms with E-state index in [0.29, 0.717) is 29.5 Å². The zero-order valence-corrected chi connectivity index (χ0v) is 17.2. The van der Waals surface area contributed by atoms with Gasteiger partial charge in [0.05, 0.1) is 29.3 Å². The van der Waals surface area contributed by atoms with Gasteiger partial charge < -0.3 is 10.1 Å². The van der Waals surface area contributed by atoms with E-state index >= 15 is 0 Å². The molecule has 2 heterocycles. The minimum Gasteiger partial charge on any atom is -0.494 e. The molecule has 0 saturated carbocycles.